The number of carboxylic acid groups (broad SMARTS) is 1. The summed E-state index contributed by atoms with van der Waals surface area (Å²) >= 11 is 1.08. The normalized spacial score (nSPS) is 20.6. The molecule has 1 atom stereocenters. The Balaban J connectivity index is 2.14. The Bertz CT molecular complexity index is 563. The Morgan fingerprint density at radius 2 is 2.24 bits per heavy atom. The molecule has 1 aromatic heterocycles. The Morgan fingerprint density at radius 1 is 1.48 bits per heavy atom. The van der Waals surface area contributed by atoms with Gasteiger partial charge in [-0.25, -0.2) is 0 Å². The summed E-state index contributed by atoms with van der Waals surface area (Å²) in [6.07, 6.45) is 1.70. The van der Waals surface area contributed by atoms with Gasteiger partial charge in [-0.1, -0.05) is 11.8 Å². The molecular formula is C13H20N4O3S. The molecule has 0 amide bonds. The predicted molar refractivity (Wildman–Crippen MR) is 80.8 cm³/mol. The minimum Gasteiger partial charge on any atom is -0.481 e. The van der Waals surface area contributed by atoms with Crippen LogP contribution in [0.3, 0.4) is 0 Å². The largest absolute Gasteiger partial charge is 0.481 e. The van der Waals surface area contributed by atoms with Gasteiger partial charge >= 0.3 is 5.97 Å². The molecule has 0 spiro atoms. The maximum absolute atomic E-state index is 11.4. The fourth-order valence-electron chi connectivity index (χ4n) is 2.32. The van der Waals surface area contributed by atoms with Gasteiger partial charge in [0.25, 0.3) is 5.56 Å². The molecule has 116 valence electrons. The van der Waals surface area contributed by atoms with Crippen LogP contribution in [0.15, 0.2) is 22.2 Å². The predicted octanol–water partition coefficient (Wildman–Crippen LogP) is -0.334. The summed E-state index contributed by atoms with van der Waals surface area (Å²) < 4.78 is 1.87. The highest BCUT2D eigenvalue weighted by atomic mass is 32.2. The summed E-state index contributed by atoms with van der Waals surface area (Å²) in [6.45, 7) is 3.66. The van der Waals surface area contributed by atoms with E-state index in [0.29, 0.717) is 17.7 Å². The number of hydrogen-bond acceptors (Lipinski definition) is 6. The van der Waals surface area contributed by atoms with Gasteiger partial charge in [0.15, 0.2) is 5.16 Å². The van der Waals surface area contributed by atoms with Crippen LogP contribution in [-0.4, -0.2) is 76.0 Å². The van der Waals surface area contributed by atoms with Gasteiger partial charge in [-0.05, 0) is 14.1 Å². The zero-order valence-corrected chi connectivity index (χ0v) is 13.0. The lowest BCUT2D eigenvalue weighted by Crippen LogP contribution is -2.51. The molecule has 2 heterocycles. The summed E-state index contributed by atoms with van der Waals surface area (Å²) in [7, 11) is 4.17. The lowest BCUT2D eigenvalue weighted by molar-refractivity contribution is -0.133. The number of aromatic nitrogens is 2. The van der Waals surface area contributed by atoms with Crippen LogP contribution in [0.25, 0.3) is 0 Å². The molecule has 0 aromatic carbocycles. The van der Waals surface area contributed by atoms with Crippen LogP contribution in [0.5, 0.6) is 0 Å². The number of thioether (sulfide) groups is 1. The first-order valence-electron chi connectivity index (χ1n) is 6.76. The third-order valence-corrected chi connectivity index (χ3v) is 4.54. The second-order valence-electron chi connectivity index (χ2n) is 5.28. The van der Waals surface area contributed by atoms with E-state index in [-0.39, 0.29) is 11.3 Å². The molecule has 7 nitrogen and oxygen atoms in total. The van der Waals surface area contributed by atoms with Gasteiger partial charge in [0, 0.05) is 44.5 Å². The SMILES string of the molecule is CN1CCN(C)C(Cn2ccc(=O)nc2SCC(=O)O)C1. The quantitative estimate of drug-likeness (QED) is 0.589. The van der Waals surface area contributed by atoms with Gasteiger partial charge in [-0.15, -0.1) is 0 Å². The molecule has 1 unspecified atom stereocenters. The van der Waals surface area contributed by atoms with Crippen molar-refractivity contribution in [2.75, 3.05) is 39.5 Å². The van der Waals surface area contributed by atoms with E-state index < -0.39 is 5.97 Å². The summed E-state index contributed by atoms with van der Waals surface area (Å²) in [6, 6.07) is 1.73. The van der Waals surface area contributed by atoms with Gasteiger partial charge in [0.1, 0.15) is 0 Å². The molecular weight excluding hydrogens is 292 g/mol. The molecule has 21 heavy (non-hydrogen) atoms. The molecule has 1 saturated heterocycles. The fraction of sp³-hybridized carbons (Fsp3) is 0.615. The molecule has 0 aliphatic carbocycles. The second-order valence-corrected chi connectivity index (χ2v) is 6.22. The van der Waals surface area contributed by atoms with Crippen LogP contribution in [0.1, 0.15) is 0 Å². The van der Waals surface area contributed by atoms with Crippen LogP contribution in [0.4, 0.5) is 0 Å². The number of likely N-dealkylation sites (N-methyl/N-ethyl adjacent to an activating group) is 2. The summed E-state index contributed by atoms with van der Waals surface area (Å²) in [5.41, 5.74) is -0.340. The van der Waals surface area contributed by atoms with E-state index in [1.165, 1.54) is 6.07 Å². The van der Waals surface area contributed by atoms with Crippen molar-refractivity contribution >= 4 is 17.7 Å². The molecule has 8 heteroatoms. The topological polar surface area (TPSA) is 78.7 Å². The second kappa shape index (κ2) is 7.06. The Labute approximate surface area is 127 Å². The van der Waals surface area contributed by atoms with Gasteiger partial charge in [-0.3, -0.25) is 14.5 Å². The van der Waals surface area contributed by atoms with E-state index in [0.717, 1.165) is 31.4 Å². The van der Waals surface area contributed by atoms with Gasteiger partial charge < -0.3 is 14.6 Å². The molecule has 1 aromatic rings. The Kier molecular flexibility index (Phi) is 5.38. The van der Waals surface area contributed by atoms with E-state index in [9.17, 15) is 9.59 Å². The van der Waals surface area contributed by atoms with Crippen molar-refractivity contribution in [3.8, 4) is 0 Å². The standard InChI is InChI=1S/C13H20N4O3S/c1-15-5-6-16(2)10(7-15)8-17-4-3-11(18)14-13(17)21-9-12(19)20/h3-4,10H,5-9H2,1-2H3,(H,19,20). The first-order valence-corrected chi connectivity index (χ1v) is 7.75. The Hall–Kier alpha value is -1.38. The number of nitrogens with zero attached hydrogens (tertiary/aromatic N) is 4. The third kappa shape index (κ3) is 4.55. The zero-order valence-electron chi connectivity index (χ0n) is 12.2. The lowest BCUT2D eigenvalue weighted by atomic mass is 10.2. The number of carbonyl (C=O) groups is 1. The smallest absolute Gasteiger partial charge is 0.313 e. The van der Waals surface area contributed by atoms with Gasteiger partial charge in [-0.2, -0.15) is 4.98 Å². The fourth-order valence-corrected chi connectivity index (χ4v) is 3.03. The summed E-state index contributed by atoms with van der Waals surface area (Å²) in [5, 5.41) is 9.25. The number of carboxylic acids is 1. The molecule has 1 aliphatic heterocycles. The van der Waals surface area contributed by atoms with Crippen molar-refractivity contribution in [3.05, 3.63) is 22.6 Å². The van der Waals surface area contributed by atoms with Crippen molar-refractivity contribution in [3.63, 3.8) is 0 Å². The zero-order chi connectivity index (χ0) is 15.4. The van der Waals surface area contributed by atoms with E-state index in [2.05, 4.69) is 28.9 Å². The highest BCUT2D eigenvalue weighted by Gasteiger charge is 2.23. The van der Waals surface area contributed by atoms with Crippen molar-refractivity contribution < 1.29 is 9.90 Å². The van der Waals surface area contributed by atoms with Crippen LogP contribution < -0.4 is 5.56 Å². The third-order valence-electron chi connectivity index (χ3n) is 3.56. The van der Waals surface area contributed by atoms with Crippen LogP contribution in [0.2, 0.25) is 0 Å². The van der Waals surface area contributed by atoms with Crippen molar-refractivity contribution in [2.45, 2.75) is 17.7 Å². The monoisotopic (exact) mass is 312 g/mol. The summed E-state index contributed by atoms with van der Waals surface area (Å²) in [4.78, 5) is 30.6. The van der Waals surface area contributed by atoms with E-state index in [1.807, 2.05) is 4.57 Å². The first-order chi connectivity index (χ1) is 9.95. The average Bonchev–Trinajstić information content (AvgIpc) is 2.43. The molecule has 1 N–H and O–H groups in total. The molecule has 0 saturated carbocycles. The number of aliphatic carboxylic acids is 1. The number of hydrogen-bond donors (Lipinski definition) is 1. The van der Waals surface area contributed by atoms with Gasteiger partial charge in [0.2, 0.25) is 0 Å². The summed E-state index contributed by atoms with van der Waals surface area (Å²) in [5.74, 6) is -1.02. The average molecular weight is 312 g/mol. The highest BCUT2D eigenvalue weighted by molar-refractivity contribution is 7.99. The van der Waals surface area contributed by atoms with E-state index in [1.54, 1.807) is 6.20 Å². The number of rotatable bonds is 5. The van der Waals surface area contributed by atoms with Crippen molar-refractivity contribution in [1.29, 1.82) is 0 Å². The molecule has 2 rings (SSSR count). The molecule has 0 bridgehead atoms. The van der Waals surface area contributed by atoms with Crippen molar-refractivity contribution in [2.24, 2.45) is 0 Å². The van der Waals surface area contributed by atoms with E-state index in [4.69, 9.17) is 5.11 Å². The number of piperazine rings is 1. The van der Waals surface area contributed by atoms with Gasteiger partial charge in [0.05, 0.1) is 5.75 Å². The lowest BCUT2D eigenvalue weighted by Gasteiger charge is -2.38. The molecule has 0 radical (unpaired) electrons. The highest BCUT2D eigenvalue weighted by Crippen LogP contribution is 2.16. The maximum Gasteiger partial charge on any atom is 0.313 e. The Morgan fingerprint density at radius 3 is 2.95 bits per heavy atom. The first kappa shape index (κ1) is 16.0. The minimum absolute atomic E-state index is 0.100. The molecule has 1 fully saturated rings. The maximum atomic E-state index is 11.4. The van der Waals surface area contributed by atoms with Crippen LogP contribution in [-0.2, 0) is 11.3 Å². The van der Waals surface area contributed by atoms with Crippen LogP contribution in [0, 0.1) is 0 Å². The van der Waals surface area contributed by atoms with E-state index >= 15 is 0 Å². The van der Waals surface area contributed by atoms with Crippen molar-refractivity contribution in [1.82, 2.24) is 19.4 Å². The van der Waals surface area contributed by atoms with Crippen LogP contribution >= 0.6 is 11.8 Å². The minimum atomic E-state index is -0.917. The molecule has 1 aliphatic rings.